The highest BCUT2D eigenvalue weighted by molar-refractivity contribution is 8.01. The van der Waals surface area contributed by atoms with E-state index in [4.69, 9.17) is 0 Å². The van der Waals surface area contributed by atoms with Gasteiger partial charge in [0.1, 0.15) is 0 Å². The Balaban J connectivity index is 2.29. The van der Waals surface area contributed by atoms with Gasteiger partial charge in [0.2, 0.25) is 15.2 Å². The molecule has 2 aromatic rings. The van der Waals surface area contributed by atoms with Crippen molar-refractivity contribution >= 4 is 44.2 Å². The number of hydrogen-bond donors (Lipinski definition) is 1. The van der Waals surface area contributed by atoms with E-state index >= 15 is 0 Å². The molecule has 142 valence electrons. The number of carbonyl (C=O) groups excluding carboxylic acids is 1. The van der Waals surface area contributed by atoms with E-state index in [1.807, 2.05) is 6.92 Å². The van der Waals surface area contributed by atoms with Gasteiger partial charge in [0.05, 0.1) is 4.90 Å². The Kier molecular flexibility index (Phi) is 7.16. The standard InChI is InChI=1S/C16H22N4O3S3/c1-5-20(6-2)26(22,23)12-9-8-11(4)13(10-12)14(21)17-15-18-19-16(25-15)24-7-3/h8-10H,5-7H2,1-4H3,(H,17,18,21). The summed E-state index contributed by atoms with van der Waals surface area (Å²) in [6.07, 6.45) is 0. The fourth-order valence-corrected chi connectivity index (χ4v) is 5.45. The summed E-state index contributed by atoms with van der Waals surface area (Å²) in [5.41, 5.74) is 0.992. The van der Waals surface area contributed by atoms with Crippen LogP contribution in [0.5, 0.6) is 0 Å². The summed E-state index contributed by atoms with van der Waals surface area (Å²) in [5.74, 6) is 0.468. The van der Waals surface area contributed by atoms with Gasteiger partial charge >= 0.3 is 0 Å². The Hall–Kier alpha value is -1.49. The zero-order valence-corrected chi connectivity index (χ0v) is 17.6. The lowest BCUT2D eigenvalue weighted by atomic mass is 10.1. The second-order valence-electron chi connectivity index (χ2n) is 5.33. The number of amides is 1. The highest BCUT2D eigenvalue weighted by atomic mass is 32.2. The molecule has 0 radical (unpaired) electrons. The molecule has 0 saturated carbocycles. The number of thioether (sulfide) groups is 1. The van der Waals surface area contributed by atoms with Crippen LogP contribution in [0.3, 0.4) is 0 Å². The number of hydrogen-bond acceptors (Lipinski definition) is 7. The summed E-state index contributed by atoms with van der Waals surface area (Å²) < 4.78 is 27.5. The van der Waals surface area contributed by atoms with Crippen molar-refractivity contribution in [2.75, 3.05) is 24.2 Å². The van der Waals surface area contributed by atoms with Crippen molar-refractivity contribution < 1.29 is 13.2 Å². The molecular formula is C16H22N4O3S3. The molecule has 0 unspecified atom stereocenters. The van der Waals surface area contributed by atoms with Crippen molar-refractivity contribution in [1.82, 2.24) is 14.5 Å². The third-order valence-electron chi connectivity index (χ3n) is 3.69. The number of nitrogens with one attached hydrogen (secondary N) is 1. The van der Waals surface area contributed by atoms with Gasteiger partial charge < -0.3 is 0 Å². The number of anilines is 1. The molecule has 0 fully saturated rings. The summed E-state index contributed by atoms with van der Waals surface area (Å²) in [6.45, 7) is 8.08. The van der Waals surface area contributed by atoms with Crippen molar-refractivity contribution in [3.63, 3.8) is 0 Å². The fourth-order valence-electron chi connectivity index (χ4n) is 2.33. The first-order valence-corrected chi connectivity index (χ1v) is 11.5. The predicted molar refractivity (Wildman–Crippen MR) is 106 cm³/mol. The van der Waals surface area contributed by atoms with Gasteiger partial charge in [0.15, 0.2) is 4.34 Å². The molecule has 0 aliphatic carbocycles. The smallest absolute Gasteiger partial charge is 0.257 e. The monoisotopic (exact) mass is 414 g/mol. The molecular weight excluding hydrogens is 392 g/mol. The quantitative estimate of drug-likeness (QED) is 0.527. The molecule has 1 aromatic carbocycles. The molecule has 1 aromatic heterocycles. The van der Waals surface area contributed by atoms with Crippen LogP contribution in [0.2, 0.25) is 0 Å². The van der Waals surface area contributed by atoms with E-state index in [1.54, 1.807) is 38.6 Å². The van der Waals surface area contributed by atoms with Gasteiger partial charge in [-0.05, 0) is 30.4 Å². The Bertz CT molecular complexity index is 877. The second-order valence-corrected chi connectivity index (χ2v) is 9.75. The van der Waals surface area contributed by atoms with Gasteiger partial charge in [0, 0.05) is 18.7 Å². The largest absolute Gasteiger partial charge is 0.296 e. The average molecular weight is 415 g/mol. The Morgan fingerprint density at radius 1 is 1.23 bits per heavy atom. The number of carbonyl (C=O) groups is 1. The van der Waals surface area contributed by atoms with E-state index in [2.05, 4.69) is 15.5 Å². The van der Waals surface area contributed by atoms with Crippen LogP contribution in [0, 0.1) is 6.92 Å². The van der Waals surface area contributed by atoms with E-state index in [1.165, 1.54) is 27.8 Å². The second kappa shape index (κ2) is 8.94. The maximum Gasteiger partial charge on any atom is 0.257 e. The fraction of sp³-hybridized carbons (Fsp3) is 0.438. The number of aryl methyl sites for hydroxylation is 1. The summed E-state index contributed by atoms with van der Waals surface area (Å²) >= 11 is 2.84. The van der Waals surface area contributed by atoms with Crippen LogP contribution in [0.15, 0.2) is 27.4 Å². The van der Waals surface area contributed by atoms with E-state index in [0.29, 0.717) is 29.3 Å². The van der Waals surface area contributed by atoms with Gasteiger partial charge in [-0.15, -0.1) is 10.2 Å². The maximum absolute atomic E-state index is 12.7. The molecule has 0 atom stereocenters. The summed E-state index contributed by atoms with van der Waals surface area (Å²) in [4.78, 5) is 12.7. The van der Waals surface area contributed by atoms with Gasteiger partial charge in [-0.1, -0.05) is 49.9 Å². The topological polar surface area (TPSA) is 92.3 Å². The van der Waals surface area contributed by atoms with Crippen LogP contribution in [0.25, 0.3) is 0 Å². The first-order valence-electron chi connectivity index (χ1n) is 8.21. The van der Waals surface area contributed by atoms with E-state index in [0.717, 1.165) is 10.1 Å². The van der Waals surface area contributed by atoms with E-state index in [-0.39, 0.29) is 4.90 Å². The van der Waals surface area contributed by atoms with Gasteiger partial charge in [-0.2, -0.15) is 4.31 Å². The molecule has 0 bridgehead atoms. The van der Waals surface area contributed by atoms with Crippen molar-refractivity contribution in [2.24, 2.45) is 0 Å². The highest BCUT2D eigenvalue weighted by Crippen LogP contribution is 2.26. The van der Waals surface area contributed by atoms with Crippen LogP contribution < -0.4 is 5.32 Å². The average Bonchev–Trinajstić information content (AvgIpc) is 3.03. The number of nitrogens with zero attached hydrogens (tertiary/aromatic N) is 3. The van der Waals surface area contributed by atoms with Crippen LogP contribution >= 0.6 is 23.1 Å². The number of rotatable bonds is 8. The van der Waals surface area contributed by atoms with Crippen molar-refractivity contribution in [3.8, 4) is 0 Å². The first kappa shape index (κ1) is 20.8. The molecule has 0 aliphatic heterocycles. The summed E-state index contributed by atoms with van der Waals surface area (Å²) in [5, 5.41) is 11.0. The molecule has 0 saturated heterocycles. The van der Waals surface area contributed by atoms with Gasteiger partial charge in [-0.25, -0.2) is 8.42 Å². The molecule has 2 rings (SSSR count). The number of aromatic nitrogens is 2. The number of benzene rings is 1. The van der Waals surface area contributed by atoms with E-state index in [9.17, 15) is 13.2 Å². The molecule has 0 spiro atoms. The highest BCUT2D eigenvalue weighted by Gasteiger charge is 2.23. The molecule has 7 nitrogen and oxygen atoms in total. The Morgan fingerprint density at radius 2 is 1.92 bits per heavy atom. The third-order valence-corrected chi connectivity index (χ3v) is 7.59. The molecule has 10 heteroatoms. The normalized spacial score (nSPS) is 11.7. The maximum atomic E-state index is 12.7. The Morgan fingerprint density at radius 3 is 2.54 bits per heavy atom. The van der Waals surface area contributed by atoms with Crippen LogP contribution in [-0.4, -0.2) is 47.7 Å². The predicted octanol–water partition coefficient (Wildman–Crippen LogP) is 3.24. The van der Waals surface area contributed by atoms with Crippen molar-refractivity contribution in [2.45, 2.75) is 36.9 Å². The zero-order chi connectivity index (χ0) is 19.3. The van der Waals surface area contributed by atoms with Crippen LogP contribution in [0.1, 0.15) is 36.7 Å². The van der Waals surface area contributed by atoms with Gasteiger partial charge in [0.25, 0.3) is 5.91 Å². The molecule has 1 amide bonds. The number of sulfonamides is 1. The van der Waals surface area contributed by atoms with Crippen LogP contribution in [0.4, 0.5) is 5.13 Å². The molecule has 26 heavy (non-hydrogen) atoms. The molecule has 1 heterocycles. The van der Waals surface area contributed by atoms with Crippen molar-refractivity contribution in [1.29, 1.82) is 0 Å². The lowest BCUT2D eigenvalue weighted by molar-refractivity contribution is 0.102. The minimum atomic E-state index is -3.63. The summed E-state index contributed by atoms with van der Waals surface area (Å²) in [6, 6.07) is 4.59. The third kappa shape index (κ3) is 4.61. The Labute approximate surface area is 162 Å². The minimum absolute atomic E-state index is 0.108. The SMILES string of the molecule is CCSc1nnc(NC(=O)c2cc(S(=O)(=O)N(CC)CC)ccc2C)s1. The van der Waals surface area contributed by atoms with Crippen LogP contribution in [-0.2, 0) is 10.0 Å². The lowest BCUT2D eigenvalue weighted by Crippen LogP contribution is -2.30. The van der Waals surface area contributed by atoms with E-state index < -0.39 is 15.9 Å². The minimum Gasteiger partial charge on any atom is -0.296 e. The summed E-state index contributed by atoms with van der Waals surface area (Å²) in [7, 11) is -3.63. The van der Waals surface area contributed by atoms with Crippen molar-refractivity contribution in [3.05, 3.63) is 29.3 Å². The first-order chi connectivity index (χ1) is 12.3. The van der Waals surface area contributed by atoms with Gasteiger partial charge in [-0.3, -0.25) is 10.1 Å². The zero-order valence-electron chi connectivity index (χ0n) is 15.1. The lowest BCUT2D eigenvalue weighted by Gasteiger charge is -2.19. The molecule has 1 N–H and O–H groups in total. The molecule has 0 aliphatic rings.